The number of benzene rings is 1. The van der Waals surface area contributed by atoms with Gasteiger partial charge in [-0.05, 0) is 30.9 Å². The lowest BCUT2D eigenvalue weighted by atomic mass is 9.93. The molecule has 0 aliphatic carbocycles. The summed E-state index contributed by atoms with van der Waals surface area (Å²) in [5, 5.41) is 3.94. The Hall–Kier alpha value is -0.640. The fourth-order valence-corrected chi connectivity index (χ4v) is 3.15. The van der Waals surface area contributed by atoms with Crippen LogP contribution in [-0.2, 0) is 0 Å². The second-order valence-corrected chi connectivity index (χ2v) is 6.40. The summed E-state index contributed by atoms with van der Waals surface area (Å²) in [7, 11) is 0. The first-order valence-electron chi connectivity index (χ1n) is 7.40. The van der Waals surface area contributed by atoms with Gasteiger partial charge in [-0.3, -0.25) is 4.90 Å². The summed E-state index contributed by atoms with van der Waals surface area (Å²) in [6, 6.07) is 3.38. The molecule has 0 radical (unpaired) electrons. The molecule has 20 heavy (non-hydrogen) atoms. The summed E-state index contributed by atoms with van der Waals surface area (Å²) in [6.07, 6.45) is 0.931. The maximum absolute atomic E-state index is 14.4. The number of rotatable bonds is 4. The van der Waals surface area contributed by atoms with E-state index in [1.807, 2.05) is 6.92 Å². The molecule has 1 atom stereocenters. The SMILES string of the molecule is Cc1ccc(F)c([C@H](CC(C)C)N2CCNCC2)c1Cl. The summed E-state index contributed by atoms with van der Waals surface area (Å²) in [6.45, 7) is 10.1. The molecule has 0 bridgehead atoms. The Balaban J connectivity index is 2.37. The fourth-order valence-electron chi connectivity index (χ4n) is 2.87. The summed E-state index contributed by atoms with van der Waals surface area (Å²) >= 11 is 6.41. The molecule has 0 saturated carbocycles. The Kier molecular flexibility index (Phi) is 5.42. The highest BCUT2D eigenvalue weighted by Crippen LogP contribution is 2.36. The van der Waals surface area contributed by atoms with Gasteiger partial charge in [0.2, 0.25) is 0 Å². The number of aryl methyl sites for hydroxylation is 1. The van der Waals surface area contributed by atoms with Crippen molar-refractivity contribution in [2.45, 2.75) is 33.2 Å². The van der Waals surface area contributed by atoms with E-state index >= 15 is 0 Å². The lowest BCUT2D eigenvalue weighted by molar-refractivity contribution is 0.151. The van der Waals surface area contributed by atoms with Crippen molar-refractivity contribution in [3.63, 3.8) is 0 Å². The molecule has 0 spiro atoms. The van der Waals surface area contributed by atoms with Gasteiger partial charge >= 0.3 is 0 Å². The van der Waals surface area contributed by atoms with Crippen LogP contribution in [0.4, 0.5) is 4.39 Å². The zero-order chi connectivity index (χ0) is 14.7. The smallest absolute Gasteiger partial charge is 0.129 e. The monoisotopic (exact) mass is 298 g/mol. The Labute approximate surface area is 126 Å². The van der Waals surface area contributed by atoms with Crippen LogP contribution in [0.1, 0.15) is 37.4 Å². The summed E-state index contributed by atoms with van der Waals surface area (Å²) in [5.41, 5.74) is 1.63. The Morgan fingerprint density at radius 1 is 1.30 bits per heavy atom. The molecule has 2 nitrogen and oxygen atoms in total. The normalized spacial score (nSPS) is 18.5. The van der Waals surface area contributed by atoms with Crippen LogP contribution in [0.15, 0.2) is 12.1 Å². The summed E-state index contributed by atoms with van der Waals surface area (Å²) < 4.78 is 14.4. The van der Waals surface area contributed by atoms with Gasteiger partial charge in [-0.2, -0.15) is 0 Å². The van der Waals surface area contributed by atoms with E-state index in [4.69, 9.17) is 11.6 Å². The van der Waals surface area contributed by atoms with Crippen LogP contribution in [0.3, 0.4) is 0 Å². The van der Waals surface area contributed by atoms with Crippen molar-refractivity contribution < 1.29 is 4.39 Å². The summed E-state index contributed by atoms with van der Waals surface area (Å²) in [4.78, 5) is 2.36. The van der Waals surface area contributed by atoms with Crippen molar-refractivity contribution in [3.8, 4) is 0 Å². The van der Waals surface area contributed by atoms with Crippen molar-refractivity contribution >= 4 is 11.6 Å². The molecule has 112 valence electrons. The molecule has 0 amide bonds. The minimum atomic E-state index is -0.176. The highest BCUT2D eigenvalue weighted by atomic mass is 35.5. The molecule has 1 N–H and O–H groups in total. The van der Waals surface area contributed by atoms with Crippen molar-refractivity contribution in [1.82, 2.24) is 10.2 Å². The topological polar surface area (TPSA) is 15.3 Å². The van der Waals surface area contributed by atoms with Gasteiger partial charge in [-0.25, -0.2) is 4.39 Å². The van der Waals surface area contributed by atoms with Crippen LogP contribution >= 0.6 is 11.6 Å². The zero-order valence-electron chi connectivity index (χ0n) is 12.5. The molecular formula is C16H24ClFN2. The lowest BCUT2D eigenvalue weighted by Gasteiger charge is -2.37. The molecule has 1 saturated heterocycles. The third-order valence-electron chi connectivity index (χ3n) is 3.94. The first kappa shape index (κ1) is 15.7. The molecule has 1 aromatic rings. The minimum Gasteiger partial charge on any atom is -0.314 e. The van der Waals surface area contributed by atoms with Crippen LogP contribution < -0.4 is 5.32 Å². The van der Waals surface area contributed by atoms with Gasteiger partial charge in [0.05, 0.1) is 5.02 Å². The number of halogens is 2. The van der Waals surface area contributed by atoms with E-state index in [0.29, 0.717) is 16.5 Å². The molecule has 4 heteroatoms. The molecule has 1 heterocycles. The largest absolute Gasteiger partial charge is 0.314 e. The first-order chi connectivity index (χ1) is 9.50. The van der Waals surface area contributed by atoms with E-state index in [-0.39, 0.29) is 11.9 Å². The van der Waals surface area contributed by atoms with E-state index in [1.165, 1.54) is 0 Å². The number of nitrogens with one attached hydrogen (secondary N) is 1. The minimum absolute atomic E-state index is 0.0736. The highest BCUT2D eigenvalue weighted by Gasteiger charge is 2.27. The maximum Gasteiger partial charge on any atom is 0.129 e. The second-order valence-electron chi connectivity index (χ2n) is 6.02. The van der Waals surface area contributed by atoms with Crippen molar-refractivity contribution in [2.75, 3.05) is 26.2 Å². The van der Waals surface area contributed by atoms with Crippen LogP contribution in [0.5, 0.6) is 0 Å². The fraction of sp³-hybridized carbons (Fsp3) is 0.625. The first-order valence-corrected chi connectivity index (χ1v) is 7.77. The third kappa shape index (κ3) is 3.51. The van der Waals surface area contributed by atoms with Crippen LogP contribution in [0.2, 0.25) is 5.02 Å². The van der Waals surface area contributed by atoms with Crippen molar-refractivity contribution in [3.05, 3.63) is 34.1 Å². The van der Waals surface area contributed by atoms with Crippen LogP contribution in [-0.4, -0.2) is 31.1 Å². The second kappa shape index (κ2) is 6.88. The number of hydrogen-bond donors (Lipinski definition) is 1. The Morgan fingerprint density at radius 3 is 2.55 bits per heavy atom. The Morgan fingerprint density at radius 2 is 1.95 bits per heavy atom. The van der Waals surface area contributed by atoms with E-state index in [9.17, 15) is 4.39 Å². The number of nitrogens with zero attached hydrogens (tertiary/aromatic N) is 1. The van der Waals surface area contributed by atoms with E-state index < -0.39 is 0 Å². The lowest BCUT2D eigenvalue weighted by Crippen LogP contribution is -2.45. The van der Waals surface area contributed by atoms with Gasteiger partial charge in [0.15, 0.2) is 0 Å². The molecule has 1 aromatic carbocycles. The zero-order valence-corrected chi connectivity index (χ0v) is 13.3. The van der Waals surface area contributed by atoms with Crippen LogP contribution in [0.25, 0.3) is 0 Å². The third-order valence-corrected chi connectivity index (χ3v) is 4.44. The van der Waals surface area contributed by atoms with E-state index in [0.717, 1.165) is 38.2 Å². The van der Waals surface area contributed by atoms with Gasteiger partial charge < -0.3 is 5.32 Å². The number of hydrogen-bond acceptors (Lipinski definition) is 2. The average Bonchev–Trinajstić information content (AvgIpc) is 2.43. The quantitative estimate of drug-likeness (QED) is 0.910. The van der Waals surface area contributed by atoms with Gasteiger partial charge in [0.1, 0.15) is 5.82 Å². The standard InChI is InChI=1S/C16H24ClFN2/c1-11(2)10-14(20-8-6-19-7-9-20)15-13(18)5-4-12(3)16(15)17/h4-5,11,14,19H,6-10H2,1-3H3/t14-/m0/s1. The van der Waals surface area contributed by atoms with Crippen molar-refractivity contribution in [2.24, 2.45) is 5.92 Å². The van der Waals surface area contributed by atoms with Crippen LogP contribution in [0, 0.1) is 18.7 Å². The molecule has 2 rings (SSSR count). The molecule has 0 aromatic heterocycles. The molecule has 1 aliphatic rings. The van der Waals surface area contributed by atoms with Crippen molar-refractivity contribution in [1.29, 1.82) is 0 Å². The van der Waals surface area contributed by atoms with Gasteiger partial charge in [0.25, 0.3) is 0 Å². The predicted octanol–water partition coefficient (Wildman–Crippen LogP) is 3.78. The van der Waals surface area contributed by atoms with E-state index in [2.05, 4.69) is 24.1 Å². The number of piperazine rings is 1. The van der Waals surface area contributed by atoms with Gasteiger partial charge in [0, 0.05) is 37.8 Å². The molecular weight excluding hydrogens is 275 g/mol. The predicted molar refractivity (Wildman–Crippen MR) is 82.8 cm³/mol. The average molecular weight is 299 g/mol. The molecule has 0 unspecified atom stereocenters. The van der Waals surface area contributed by atoms with E-state index in [1.54, 1.807) is 12.1 Å². The van der Waals surface area contributed by atoms with Gasteiger partial charge in [-0.15, -0.1) is 0 Å². The Bertz CT molecular complexity index is 456. The van der Waals surface area contributed by atoms with Gasteiger partial charge in [-0.1, -0.05) is 31.5 Å². The highest BCUT2D eigenvalue weighted by molar-refractivity contribution is 6.32. The maximum atomic E-state index is 14.4. The molecule has 1 fully saturated rings. The molecule has 1 aliphatic heterocycles. The summed E-state index contributed by atoms with van der Waals surface area (Å²) in [5.74, 6) is 0.329.